The zero-order chi connectivity index (χ0) is 13.2. The van der Waals surface area contributed by atoms with E-state index in [1.54, 1.807) is 6.07 Å². The minimum Gasteiger partial charge on any atom is -0.362 e. The number of alkyl halides is 3. The summed E-state index contributed by atoms with van der Waals surface area (Å²) in [5.74, 6) is 0. The third-order valence-electron chi connectivity index (χ3n) is 2.33. The molecule has 0 aliphatic rings. The number of hydrogen-bond donors (Lipinski definition) is 1. The van der Waals surface area contributed by atoms with Gasteiger partial charge >= 0.3 is 6.18 Å². The maximum absolute atomic E-state index is 12.9. The summed E-state index contributed by atoms with van der Waals surface area (Å²) in [4.78, 5) is 4.56. The Morgan fingerprint density at radius 3 is 2.67 bits per heavy atom. The van der Waals surface area contributed by atoms with Gasteiger partial charge in [0.15, 0.2) is 5.13 Å². The number of anilines is 1. The van der Waals surface area contributed by atoms with Crippen molar-refractivity contribution in [3.8, 4) is 10.4 Å². The van der Waals surface area contributed by atoms with Crippen molar-refractivity contribution in [2.45, 2.75) is 13.1 Å². The quantitative estimate of drug-likeness (QED) is 0.903. The third-order valence-corrected chi connectivity index (χ3v) is 3.32. The number of hydrogen-bond acceptors (Lipinski definition) is 3. The summed E-state index contributed by atoms with van der Waals surface area (Å²) in [7, 11) is 0. The molecule has 0 radical (unpaired) electrons. The van der Waals surface area contributed by atoms with Gasteiger partial charge in [0, 0.05) is 18.3 Å². The van der Waals surface area contributed by atoms with Gasteiger partial charge in [0.25, 0.3) is 0 Å². The number of thiazole rings is 1. The molecule has 1 aromatic carbocycles. The van der Waals surface area contributed by atoms with Gasteiger partial charge in [-0.3, -0.25) is 0 Å². The Bertz CT molecular complexity index is 534. The highest BCUT2D eigenvalue weighted by atomic mass is 32.1. The molecule has 2 rings (SSSR count). The van der Waals surface area contributed by atoms with Crippen molar-refractivity contribution in [3.63, 3.8) is 0 Å². The van der Waals surface area contributed by atoms with E-state index >= 15 is 0 Å². The predicted molar refractivity (Wildman–Crippen MR) is 66.7 cm³/mol. The molecule has 0 amide bonds. The van der Waals surface area contributed by atoms with Crippen LogP contribution >= 0.6 is 11.3 Å². The molecule has 0 atom stereocenters. The van der Waals surface area contributed by atoms with Crippen molar-refractivity contribution in [1.82, 2.24) is 4.98 Å². The van der Waals surface area contributed by atoms with Gasteiger partial charge in [-0.2, -0.15) is 13.2 Å². The van der Waals surface area contributed by atoms with Crippen LogP contribution in [0.2, 0.25) is 0 Å². The van der Waals surface area contributed by atoms with E-state index in [0.717, 1.165) is 6.07 Å². The largest absolute Gasteiger partial charge is 0.417 e. The average Bonchev–Trinajstić information content (AvgIpc) is 2.77. The molecule has 0 fully saturated rings. The molecule has 1 aromatic heterocycles. The molecule has 96 valence electrons. The van der Waals surface area contributed by atoms with Gasteiger partial charge in [0.2, 0.25) is 0 Å². The van der Waals surface area contributed by atoms with Crippen molar-refractivity contribution < 1.29 is 13.2 Å². The molecule has 0 unspecified atom stereocenters. The van der Waals surface area contributed by atoms with Crippen LogP contribution in [0.25, 0.3) is 10.4 Å². The lowest BCUT2D eigenvalue weighted by Crippen LogP contribution is -2.06. The zero-order valence-electron chi connectivity index (χ0n) is 9.58. The van der Waals surface area contributed by atoms with Crippen LogP contribution in [0.1, 0.15) is 12.5 Å². The lowest BCUT2D eigenvalue weighted by atomic mass is 10.1. The topological polar surface area (TPSA) is 24.9 Å². The molecular weight excluding hydrogens is 261 g/mol. The Morgan fingerprint density at radius 2 is 2.00 bits per heavy atom. The predicted octanol–water partition coefficient (Wildman–Crippen LogP) is 4.26. The number of nitrogens with one attached hydrogen (secondary N) is 1. The van der Waals surface area contributed by atoms with Crippen LogP contribution in [0.3, 0.4) is 0 Å². The van der Waals surface area contributed by atoms with Gasteiger partial charge in [0.1, 0.15) is 0 Å². The SMILES string of the molecule is CCNc1ncc(-c2ccccc2C(F)(F)F)s1. The normalized spacial score (nSPS) is 11.6. The first-order valence-electron chi connectivity index (χ1n) is 5.38. The van der Waals surface area contributed by atoms with Crippen molar-refractivity contribution in [3.05, 3.63) is 36.0 Å². The maximum atomic E-state index is 12.9. The fraction of sp³-hybridized carbons (Fsp3) is 0.250. The summed E-state index contributed by atoms with van der Waals surface area (Å²) in [6, 6.07) is 5.53. The first kappa shape index (κ1) is 12.9. The van der Waals surface area contributed by atoms with Gasteiger partial charge in [-0.15, -0.1) is 0 Å². The molecule has 6 heteroatoms. The summed E-state index contributed by atoms with van der Waals surface area (Å²) in [6.07, 6.45) is -2.88. The van der Waals surface area contributed by atoms with Crippen molar-refractivity contribution in [2.24, 2.45) is 0 Å². The van der Waals surface area contributed by atoms with Gasteiger partial charge in [-0.25, -0.2) is 4.98 Å². The first-order chi connectivity index (χ1) is 8.52. The molecule has 1 N–H and O–H groups in total. The second kappa shape index (κ2) is 4.97. The minimum atomic E-state index is -4.35. The monoisotopic (exact) mass is 272 g/mol. The van der Waals surface area contributed by atoms with Crippen molar-refractivity contribution in [1.29, 1.82) is 0 Å². The number of benzene rings is 1. The van der Waals surface area contributed by atoms with Crippen LogP contribution in [0, 0.1) is 0 Å². The fourth-order valence-corrected chi connectivity index (χ4v) is 2.50. The van der Waals surface area contributed by atoms with E-state index in [0.29, 0.717) is 16.6 Å². The maximum Gasteiger partial charge on any atom is 0.417 e. The standard InChI is InChI=1S/C12H11F3N2S/c1-2-16-11-17-7-10(18-11)8-5-3-4-6-9(8)12(13,14)15/h3-7H,2H2,1H3,(H,16,17). The van der Waals surface area contributed by atoms with Crippen LogP contribution < -0.4 is 5.32 Å². The van der Waals surface area contributed by atoms with Gasteiger partial charge in [-0.05, 0) is 13.0 Å². The summed E-state index contributed by atoms with van der Waals surface area (Å²) in [6.45, 7) is 2.60. The van der Waals surface area contributed by atoms with Crippen molar-refractivity contribution in [2.75, 3.05) is 11.9 Å². The van der Waals surface area contributed by atoms with Gasteiger partial charge < -0.3 is 5.32 Å². The van der Waals surface area contributed by atoms with Crippen LogP contribution in [-0.2, 0) is 6.18 Å². The fourth-order valence-electron chi connectivity index (χ4n) is 1.58. The number of halogens is 3. The van der Waals surface area contributed by atoms with Crippen molar-refractivity contribution >= 4 is 16.5 Å². The van der Waals surface area contributed by atoms with E-state index < -0.39 is 11.7 Å². The van der Waals surface area contributed by atoms with Crippen LogP contribution in [0.5, 0.6) is 0 Å². The van der Waals surface area contributed by atoms with E-state index in [4.69, 9.17) is 0 Å². The van der Waals surface area contributed by atoms with E-state index in [2.05, 4.69) is 10.3 Å². The van der Waals surface area contributed by atoms with Crippen LogP contribution in [0.4, 0.5) is 18.3 Å². The molecular formula is C12H11F3N2S. The van der Waals surface area contributed by atoms with E-state index in [1.807, 2.05) is 6.92 Å². The Morgan fingerprint density at radius 1 is 1.28 bits per heavy atom. The summed E-state index contributed by atoms with van der Waals surface area (Å²) in [5.41, 5.74) is -0.455. The average molecular weight is 272 g/mol. The smallest absolute Gasteiger partial charge is 0.362 e. The van der Waals surface area contributed by atoms with Gasteiger partial charge in [0.05, 0.1) is 10.4 Å². The summed E-state index contributed by atoms with van der Waals surface area (Å²) < 4.78 is 38.6. The Balaban J connectivity index is 2.43. The van der Waals surface area contributed by atoms with Crippen LogP contribution in [-0.4, -0.2) is 11.5 Å². The Kier molecular flexibility index (Phi) is 3.56. The molecule has 1 heterocycles. The third kappa shape index (κ3) is 2.64. The highest BCUT2D eigenvalue weighted by Crippen LogP contribution is 2.39. The molecule has 0 bridgehead atoms. The first-order valence-corrected chi connectivity index (χ1v) is 6.20. The molecule has 0 aliphatic heterocycles. The minimum absolute atomic E-state index is 0.173. The van der Waals surface area contributed by atoms with E-state index in [1.165, 1.54) is 29.7 Å². The molecule has 2 aromatic rings. The molecule has 18 heavy (non-hydrogen) atoms. The Labute approximate surface area is 106 Å². The lowest BCUT2D eigenvalue weighted by Gasteiger charge is -2.10. The summed E-state index contributed by atoms with van der Waals surface area (Å²) >= 11 is 1.22. The molecule has 0 spiro atoms. The molecule has 0 saturated carbocycles. The van der Waals surface area contributed by atoms with E-state index in [-0.39, 0.29) is 5.56 Å². The second-order valence-electron chi connectivity index (χ2n) is 3.60. The lowest BCUT2D eigenvalue weighted by molar-refractivity contribution is -0.137. The van der Waals surface area contributed by atoms with E-state index in [9.17, 15) is 13.2 Å². The molecule has 2 nitrogen and oxygen atoms in total. The summed E-state index contributed by atoms with van der Waals surface area (Å²) in [5, 5.41) is 3.61. The molecule has 0 aliphatic carbocycles. The van der Waals surface area contributed by atoms with Gasteiger partial charge in [-0.1, -0.05) is 29.5 Å². The number of nitrogens with zero attached hydrogens (tertiary/aromatic N) is 1. The highest BCUT2D eigenvalue weighted by molar-refractivity contribution is 7.18. The number of aromatic nitrogens is 1. The number of rotatable bonds is 3. The Hall–Kier alpha value is -1.56. The molecule has 0 saturated heterocycles. The second-order valence-corrected chi connectivity index (χ2v) is 4.63. The highest BCUT2D eigenvalue weighted by Gasteiger charge is 2.33. The van der Waals surface area contributed by atoms with Crippen LogP contribution in [0.15, 0.2) is 30.5 Å². The zero-order valence-corrected chi connectivity index (χ0v) is 10.4.